The summed E-state index contributed by atoms with van der Waals surface area (Å²) in [7, 11) is 0. The van der Waals surface area contributed by atoms with Gasteiger partial charge in [-0.15, -0.1) is 0 Å². The summed E-state index contributed by atoms with van der Waals surface area (Å²) in [5.41, 5.74) is 0.213. The Kier molecular flexibility index (Phi) is 6.71. The van der Waals surface area contributed by atoms with Gasteiger partial charge in [-0.3, -0.25) is 14.9 Å². The Morgan fingerprint density at radius 3 is 2.43 bits per heavy atom. The van der Waals surface area contributed by atoms with E-state index in [1.54, 1.807) is 0 Å². The molecule has 1 amide bonds. The third-order valence-corrected chi connectivity index (χ3v) is 3.51. The monoisotopic (exact) mass is 333 g/mol. The average molecular weight is 334 g/mol. The predicted octanol–water partition coefficient (Wildman–Crippen LogP) is 3.62. The van der Waals surface area contributed by atoms with E-state index in [0.29, 0.717) is 12.2 Å². The van der Waals surface area contributed by atoms with Gasteiger partial charge in [-0.05, 0) is 13.3 Å². The summed E-state index contributed by atoms with van der Waals surface area (Å²) >= 11 is 11.9. The third kappa shape index (κ3) is 5.40. The lowest BCUT2D eigenvalue weighted by atomic mass is 10.2. The molecule has 2 N–H and O–H groups in total. The van der Waals surface area contributed by atoms with E-state index in [9.17, 15) is 14.9 Å². The van der Waals surface area contributed by atoms with Crippen molar-refractivity contribution in [2.75, 3.05) is 11.9 Å². The van der Waals surface area contributed by atoms with E-state index in [4.69, 9.17) is 23.2 Å². The predicted molar refractivity (Wildman–Crippen MR) is 84.1 cm³/mol. The number of hydrogen-bond donors (Lipinski definition) is 2. The number of nitro groups is 1. The topological polar surface area (TPSA) is 84.3 Å². The normalized spacial score (nSPS) is 11.8. The van der Waals surface area contributed by atoms with Crippen molar-refractivity contribution >= 4 is 40.5 Å². The third-order valence-electron chi connectivity index (χ3n) is 2.91. The zero-order valence-corrected chi connectivity index (χ0v) is 13.3. The molecule has 0 heterocycles. The molecule has 0 aliphatic heterocycles. The van der Waals surface area contributed by atoms with Gasteiger partial charge in [0.1, 0.15) is 0 Å². The summed E-state index contributed by atoms with van der Waals surface area (Å²) in [5.74, 6) is -0.0778. The lowest BCUT2D eigenvalue weighted by Gasteiger charge is -2.13. The van der Waals surface area contributed by atoms with Crippen LogP contribution in [0.3, 0.4) is 0 Å². The number of non-ortho nitro benzene ring substituents is 1. The smallest absolute Gasteiger partial charge is 0.272 e. The van der Waals surface area contributed by atoms with Gasteiger partial charge in [-0.2, -0.15) is 0 Å². The highest BCUT2D eigenvalue weighted by Crippen LogP contribution is 2.34. The lowest BCUT2D eigenvalue weighted by Crippen LogP contribution is -2.32. The maximum absolute atomic E-state index is 11.6. The number of nitro benzene ring substituents is 1. The van der Waals surface area contributed by atoms with Gasteiger partial charge >= 0.3 is 0 Å². The number of amides is 1. The van der Waals surface area contributed by atoms with Gasteiger partial charge in [0.05, 0.1) is 20.7 Å². The van der Waals surface area contributed by atoms with Gasteiger partial charge < -0.3 is 10.6 Å². The second-order valence-electron chi connectivity index (χ2n) is 4.60. The number of anilines is 1. The van der Waals surface area contributed by atoms with E-state index in [1.165, 1.54) is 12.1 Å². The molecule has 1 unspecified atom stereocenters. The molecule has 0 aliphatic carbocycles. The van der Waals surface area contributed by atoms with Crippen LogP contribution in [0.15, 0.2) is 12.1 Å². The lowest BCUT2D eigenvalue weighted by molar-refractivity contribution is -0.384. The fraction of sp³-hybridized carbons (Fsp3) is 0.462. The largest absolute Gasteiger partial charge is 0.382 e. The molecule has 8 heteroatoms. The Balaban J connectivity index is 2.60. The van der Waals surface area contributed by atoms with E-state index in [1.807, 2.05) is 13.8 Å². The van der Waals surface area contributed by atoms with E-state index < -0.39 is 4.92 Å². The highest BCUT2D eigenvalue weighted by Gasteiger charge is 2.14. The number of carbonyl (C=O) groups is 1. The molecule has 21 heavy (non-hydrogen) atoms. The number of nitrogens with zero attached hydrogens (tertiary/aromatic N) is 1. The van der Waals surface area contributed by atoms with E-state index in [-0.39, 0.29) is 34.1 Å². The van der Waals surface area contributed by atoms with Crippen molar-refractivity contribution in [1.29, 1.82) is 0 Å². The van der Waals surface area contributed by atoms with Crippen LogP contribution in [0, 0.1) is 10.1 Å². The first kappa shape index (κ1) is 17.5. The first-order valence-electron chi connectivity index (χ1n) is 6.51. The van der Waals surface area contributed by atoms with Crippen molar-refractivity contribution in [3.8, 4) is 0 Å². The summed E-state index contributed by atoms with van der Waals surface area (Å²) in [6.45, 7) is 4.24. The summed E-state index contributed by atoms with van der Waals surface area (Å²) < 4.78 is 0. The van der Waals surface area contributed by atoms with E-state index in [2.05, 4.69) is 10.6 Å². The summed E-state index contributed by atoms with van der Waals surface area (Å²) in [5, 5.41) is 16.7. The highest BCUT2D eigenvalue weighted by molar-refractivity contribution is 6.39. The van der Waals surface area contributed by atoms with Gasteiger partial charge in [0.25, 0.3) is 5.69 Å². The van der Waals surface area contributed by atoms with Crippen LogP contribution in [0.5, 0.6) is 0 Å². The molecule has 0 aromatic heterocycles. The van der Waals surface area contributed by atoms with Crippen molar-refractivity contribution in [3.05, 3.63) is 32.3 Å². The zero-order valence-electron chi connectivity index (χ0n) is 11.8. The van der Waals surface area contributed by atoms with E-state index in [0.717, 1.165) is 6.42 Å². The Morgan fingerprint density at radius 2 is 1.95 bits per heavy atom. The molecule has 0 bridgehead atoms. The highest BCUT2D eigenvalue weighted by atomic mass is 35.5. The molecule has 1 aromatic carbocycles. The molecule has 0 saturated carbocycles. The van der Waals surface area contributed by atoms with Crippen LogP contribution >= 0.6 is 23.2 Å². The van der Waals surface area contributed by atoms with E-state index >= 15 is 0 Å². The Bertz CT molecular complexity index is 514. The fourth-order valence-corrected chi connectivity index (χ4v) is 2.19. The zero-order chi connectivity index (χ0) is 16.0. The molecule has 0 aliphatic rings. The minimum atomic E-state index is -0.568. The maximum Gasteiger partial charge on any atom is 0.272 e. The van der Waals surface area contributed by atoms with Crippen molar-refractivity contribution in [1.82, 2.24) is 5.32 Å². The van der Waals surface area contributed by atoms with Crippen LogP contribution in [-0.2, 0) is 4.79 Å². The molecule has 0 radical (unpaired) electrons. The molecule has 1 atom stereocenters. The number of halogens is 2. The SMILES string of the molecule is CCC(C)NC(=O)CCNc1c(Cl)cc([N+](=O)[O-])cc1Cl. The molecular weight excluding hydrogens is 317 g/mol. The van der Waals surface area contributed by atoms with Gasteiger partial charge in [0.15, 0.2) is 0 Å². The second kappa shape index (κ2) is 8.05. The first-order valence-corrected chi connectivity index (χ1v) is 7.27. The van der Waals surface area contributed by atoms with Crippen molar-refractivity contribution in [3.63, 3.8) is 0 Å². The molecule has 6 nitrogen and oxygen atoms in total. The Labute approximate surface area is 133 Å². The molecule has 1 aromatic rings. The second-order valence-corrected chi connectivity index (χ2v) is 5.41. The minimum absolute atomic E-state index is 0.0778. The fourth-order valence-electron chi connectivity index (χ4n) is 1.58. The number of carbonyl (C=O) groups excluding carboxylic acids is 1. The molecular formula is C13H17Cl2N3O3. The molecule has 116 valence electrons. The summed E-state index contributed by atoms with van der Waals surface area (Å²) in [6.07, 6.45) is 1.12. The maximum atomic E-state index is 11.6. The van der Waals surface area contributed by atoms with Gasteiger partial charge in [-0.25, -0.2) is 0 Å². The van der Waals surface area contributed by atoms with Crippen LogP contribution in [0.25, 0.3) is 0 Å². The van der Waals surface area contributed by atoms with Gasteiger partial charge in [-0.1, -0.05) is 30.1 Å². The summed E-state index contributed by atoms with van der Waals surface area (Å²) in [6, 6.07) is 2.56. The van der Waals surface area contributed by atoms with Crippen molar-refractivity contribution in [2.24, 2.45) is 0 Å². The molecule has 1 rings (SSSR count). The quantitative estimate of drug-likeness (QED) is 0.589. The van der Waals surface area contributed by atoms with Crippen molar-refractivity contribution < 1.29 is 9.72 Å². The average Bonchev–Trinajstić information content (AvgIpc) is 2.41. The minimum Gasteiger partial charge on any atom is -0.382 e. The molecule has 0 saturated heterocycles. The van der Waals surface area contributed by atoms with Crippen LogP contribution in [0.2, 0.25) is 10.0 Å². The Hall–Kier alpha value is -1.53. The standard InChI is InChI=1S/C13H17Cl2N3O3/c1-3-8(2)17-12(19)4-5-16-13-10(14)6-9(18(20)21)7-11(13)15/h6-8,16H,3-5H2,1-2H3,(H,17,19). The molecule has 0 spiro atoms. The van der Waals surface area contributed by atoms with Crippen molar-refractivity contribution in [2.45, 2.75) is 32.7 Å². The first-order chi connectivity index (χ1) is 9.85. The van der Waals surface area contributed by atoms with Crippen LogP contribution in [0.4, 0.5) is 11.4 Å². The van der Waals surface area contributed by atoms with Crippen LogP contribution < -0.4 is 10.6 Å². The number of hydrogen-bond acceptors (Lipinski definition) is 4. The van der Waals surface area contributed by atoms with Gasteiger partial charge in [0, 0.05) is 31.1 Å². The van der Waals surface area contributed by atoms with Crippen LogP contribution in [0.1, 0.15) is 26.7 Å². The van der Waals surface area contributed by atoms with Crippen LogP contribution in [-0.4, -0.2) is 23.4 Å². The number of benzene rings is 1. The van der Waals surface area contributed by atoms with Gasteiger partial charge in [0.2, 0.25) is 5.91 Å². The number of rotatable bonds is 7. The molecule has 0 fully saturated rings. The summed E-state index contributed by atoms with van der Waals surface area (Å²) in [4.78, 5) is 21.7. The Morgan fingerprint density at radius 1 is 1.38 bits per heavy atom. The number of nitrogens with one attached hydrogen (secondary N) is 2.